The molecule has 1 amide bonds. The molecule has 0 spiro atoms. The van der Waals surface area contributed by atoms with Crippen LogP contribution in [0.5, 0.6) is 0 Å². The minimum absolute atomic E-state index is 0. The molecule has 2 aliphatic rings. The van der Waals surface area contributed by atoms with E-state index in [4.69, 9.17) is 10.7 Å². The van der Waals surface area contributed by atoms with E-state index < -0.39 is 6.04 Å². The molecule has 4 nitrogen and oxygen atoms in total. The zero-order chi connectivity index (χ0) is 14.1. The zero-order valence-corrected chi connectivity index (χ0v) is 14.1. The third kappa shape index (κ3) is 3.58. The van der Waals surface area contributed by atoms with Crippen LogP contribution < -0.4 is 5.73 Å². The highest BCUT2D eigenvalue weighted by atomic mass is 35.5. The standard InChI is InChI=1S/C15H23N3OS.ClH/c1-10(16)15(19)18-8-4-5-11(9-18)14-17-12-6-2-3-7-13(12)20-14;/h10-11H,2-9,16H2,1H3;1H/t10-,11?;/m1./s1. The van der Waals surface area contributed by atoms with Gasteiger partial charge in [0.1, 0.15) is 0 Å². The lowest BCUT2D eigenvalue weighted by molar-refractivity contribution is -0.133. The van der Waals surface area contributed by atoms with E-state index >= 15 is 0 Å². The number of nitrogens with zero attached hydrogens (tertiary/aromatic N) is 2. The van der Waals surface area contributed by atoms with E-state index in [1.807, 2.05) is 16.2 Å². The average Bonchev–Trinajstić information content (AvgIpc) is 2.90. The van der Waals surface area contributed by atoms with Crippen LogP contribution in [0.15, 0.2) is 0 Å². The number of carbonyl (C=O) groups is 1. The molecule has 2 N–H and O–H groups in total. The number of rotatable bonds is 2. The number of piperidine rings is 1. The monoisotopic (exact) mass is 329 g/mol. The quantitative estimate of drug-likeness (QED) is 0.907. The lowest BCUT2D eigenvalue weighted by Crippen LogP contribution is -2.46. The van der Waals surface area contributed by atoms with Gasteiger partial charge < -0.3 is 10.6 Å². The number of aryl methyl sites for hydroxylation is 2. The third-order valence-corrected chi connectivity index (χ3v) is 5.65. The van der Waals surface area contributed by atoms with Gasteiger partial charge in [-0.2, -0.15) is 0 Å². The molecular weight excluding hydrogens is 306 g/mol. The number of halogens is 1. The fourth-order valence-corrected chi connectivity index (χ4v) is 4.49. The summed E-state index contributed by atoms with van der Waals surface area (Å²) in [6.07, 6.45) is 7.12. The lowest BCUT2D eigenvalue weighted by Gasteiger charge is -2.32. The van der Waals surface area contributed by atoms with E-state index in [9.17, 15) is 4.79 Å². The first-order valence-electron chi connectivity index (χ1n) is 7.68. The second-order valence-corrected chi connectivity index (χ2v) is 7.16. The predicted octanol–water partition coefficient (Wildman–Crippen LogP) is 2.50. The van der Waals surface area contributed by atoms with Crippen LogP contribution in [0.25, 0.3) is 0 Å². The van der Waals surface area contributed by atoms with Crippen molar-refractivity contribution in [1.82, 2.24) is 9.88 Å². The van der Waals surface area contributed by atoms with Gasteiger partial charge in [0.25, 0.3) is 0 Å². The van der Waals surface area contributed by atoms with Crippen LogP contribution in [0, 0.1) is 0 Å². The number of carbonyl (C=O) groups excluding carboxylic acids is 1. The molecule has 1 aromatic heterocycles. The molecule has 118 valence electrons. The summed E-state index contributed by atoms with van der Waals surface area (Å²) in [5, 5.41) is 1.25. The van der Waals surface area contributed by atoms with Crippen LogP contribution in [0.1, 0.15) is 54.1 Å². The van der Waals surface area contributed by atoms with E-state index in [0.717, 1.165) is 32.4 Å². The minimum Gasteiger partial charge on any atom is -0.341 e. The van der Waals surface area contributed by atoms with Crippen molar-refractivity contribution >= 4 is 29.7 Å². The molecule has 21 heavy (non-hydrogen) atoms. The Morgan fingerprint density at radius 3 is 2.86 bits per heavy atom. The summed E-state index contributed by atoms with van der Waals surface area (Å²) in [5.41, 5.74) is 7.05. The van der Waals surface area contributed by atoms with E-state index in [1.54, 1.807) is 6.92 Å². The highest BCUT2D eigenvalue weighted by Crippen LogP contribution is 2.34. The summed E-state index contributed by atoms with van der Waals surface area (Å²) in [5.74, 6) is 0.498. The van der Waals surface area contributed by atoms with Crippen molar-refractivity contribution in [3.8, 4) is 0 Å². The number of aromatic nitrogens is 1. The maximum Gasteiger partial charge on any atom is 0.239 e. The predicted molar refractivity (Wildman–Crippen MR) is 88.2 cm³/mol. The maximum atomic E-state index is 12.1. The Balaban J connectivity index is 0.00000161. The first-order chi connectivity index (χ1) is 9.65. The largest absolute Gasteiger partial charge is 0.341 e. The first kappa shape index (κ1) is 16.7. The second-order valence-electron chi connectivity index (χ2n) is 6.04. The van der Waals surface area contributed by atoms with Crippen molar-refractivity contribution in [2.45, 2.75) is 57.4 Å². The first-order valence-corrected chi connectivity index (χ1v) is 8.49. The molecular formula is C15H24ClN3OS. The number of hydrogen-bond acceptors (Lipinski definition) is 4. The van der Waals surface area contributed by atoms with E-state index in [2.05, 4.69) is 0 Å². The highest BCUT2D eigenvalue weighted by molar-refractivity contribution is 7.11. The summed E-state index contributed by atoms with van der Waals surface area (Å²) in [6.45, 7) is 3.42. The third-order valence-electron chi connectivity index (χ3n) is 4.33. The van der Waals surface area contributed by atoms with Crippen LogP contribution >= 0.6 is 23.7 Å². The van der Waals surface area contributed by atoms with Crippen molar-refractivity contribution in [1.29, 1.82) is 0 Å². The Labute approximate surface area is 136 Å². The molecule has 1 aromatic rings. The smallest absolute Gasteiger partial charge is 0.239 e. The Morgan fingerprint density at radius 2 is 2.14 bits per heavy atom. The van der Waals surface area contributed by atoms with Crippen molar-refractivity contribution in [2.24, 2.45) is 5.73 Å². The minimum atomic E-state index is -0.391. The molecule has 3 rings (SSSR count). The van der Waals surface area contributed by atoms with Crippen LogP contribution in [0.2, 0.25) is 0 Å². The van der Waals surface area contributed by atoms with Gasteiger partial charge in [0.2, 0.25) is 5.91 Å². The molecule has 1 fully saturated rings. The second kappa shape index (κ2) is 7.07. The topological polar surface area (TPSA) is 59.2 Å². The van der Waals surface area contributed by atoms with Crippen molar-refractivity contribution in [3.63, 3.8) is 0 Å². The van der Waals surface area contributed by atoms with Gasteiger partial charge in [0.15, 0.2) is 0 Å². The average molecular weight is 330 g/mol. The summed E-state index contributed by atoms with van der Waals surface area (Å²) in [4.78, 5) is 20.3. The van der Waals surface area contributed by atoms with Crippen LogP contribution in [-0.2, 0) is 17.6 Å². The Bertz CT molecular complexity index is 480. The maximum absolute atomic E-state index is 12.1. The van der Waals surface area contributed by atoms with Crippen LogP contribution in [-0.4, -0.2) is 34.9 Å². The van der Waals surface area contributed by atoms with Gasteiger partial charge in [-0.15, -0.1) is 23.7 Å². The molecule has 1 aliphatic heterocycles. The molecule has 2 atom stereocenters. The SMILES string of the molecule is C[C@@H](N)C(=O)N1CCCC(c2nc3c(s2)CCCC3)C1.Cl. The van der Waals surface area contributed by atoms with Crippen molar-refractivity contribution in [2.75, 3.05) is 13.1 Å². The number of hydrogen-bond donors (Lipinski definition) is 1. The molecule has 0 saturated carbocycles. The molecule has 1 unspecified atom stereocenters. The summed E-state index contributed by atoms with van der Waals surface area (Å²) < 4.78 is 0. The van der Waals surface area contributed by atoms with E-state index in [1.165, 1.54) is 34.8 Å². The lowest BCUT2D eigenvalue weighted by atomic mass is 9.98. The molecule has 0 bridgehead atoms. The van der Waals surface area contributed by atoms with Crippen LogP contribution in [0.4, 0.5) is 0 Å². The van der Waals surface area contributed by atoms with Gasteiger partial charge in [0.05, 0.1) is 16.7 Å². The summed E-state index contributed by atoms with van der Waals surface area (Å²) in [7, 11) is 0. The molecule has 1 aliphatic carbocycles. The Morgan fingerprint density at radius 1 is 1.38 bits per heavy atom. The number of nitrogens with two attached hydrogens (primary N) is 1. The van der Waals surface area contributed by atoms with Gasteiger partial charge in [0, 0.05) is 23.9 Å². The zero-order valence-electron chi connectivity index (χ0n) is 12.5. The van der Waals surface area contributed by atoms with E-state index in [-0.39, 0.29) is 18.3 Å². The number of fused-ring (bicyclic) bond motifs is 1. The fraction of sp³-hybridized carbons (Fsp3) is 0.733. The molecule has 0 radical (unpaired) electrons. The molecule has 1 saturated heterocycles. The summed E-state index contributed by atoms with van der Waals surface area (Å²) >= 11 is 1.88. The highest BCUT2D eigenvalue weighted by Gasteiger charge is 2.29. The van der Waals surface area contributed by atoms with E-state index in [0.29, 0.717) is 5.92 Å². The number of likely N-dealkylation sites (tertiary alicyclic amines) is 1. The summed E-state index contributed by atoms with van der Waals surface area (Å²) in [6, 6.07) is -0.391. The van der Waals surface area contributed by atoms with Crippen molar-refractivity contribution in [3.05, 3.63) is 15.6 Å². The van der Waals surface area contributed by atoms with Gasteiger partial charge in [-0.1, -0.05) is 0 Å². The molecule has 2 heterocycles. The normalized spacial score (nSPS) is 23.1. The number of thiazole rings is 1. The molecule has 6 heteroatoms. The fourth-order valence-electron chi connectivity index (χ4n) is 3.21. The van der Waals surface area contributed by atoms with Gasteiger partial charge >= 0.3 is 0 Å². The van der Waals surface area contributed by atoms with Crippen LogP contribution in [0.3, 0.4) is 0 Å². The van der Waals surface area contributed by atoms with Gasteiger partial charge in [-0.25, -0.2) is 4.98 Å². The number of amides is 1. The Hall–Kier alpha value is -0.650. The Kier molecular flexibility index (Phi) is 5.63. The van der Waals surface area contributed by atoms with Crippen molar-refractivity contribution < 1.29 is 4.79 Å². The van der Waals surface area contributed by atoms with Gasteiger partial charge in [-0.3, -0.25) is 4.79 Å². The van der Waals surface area contributed by atoms with Gasteiger partial charge in [-0.05, 0) is 45.4 Å². The molecule has 0 aromatic carbocycles.